The van der Waals surface area contributed by atoms with Crippen LogP contribution >= 0.6 is 23.8 Å². The van der Waals surface area contributed by atoms with Gasteiger partial charge in [-0.1, -0.05) is 31.5 Å². The Balaban J connectivity index is 1.89. The molecule has 1 aliphatic rings. The summed E-state index contributed by atoms with van der Waals surface area (Å²) in [5.74, 6) is 0.986. The van der Waals surface area contributed by atoms with Crippen LogP contribution in [0.4, 0.5) is 5.69 Å². The Bertz CT molecular complexity index is 936. The number of carbonyl (C=O) groups is 1. The molecular weight excluding hydrogens is 380 g/mol. The zero-order chi connectivity index (χ0) is 19.7. The van der Waals surface area contributed by atoms with Crippen molar-refractivity contribution in [1.29, 1.82) is 0 Å². The Hall–Kier alpha value is -2.24. The van der Waals surface area contributed by atoms with Crippen molar-refractivity contribution in [2.75, 3.05) is 12.0 Å². The summed E-state index contributed by atoms with van der Waals surface area (Å²) >= 11 is 11.3. The highest BCUT2D eigenvalue weighted by Crippen LogP contribution is 2.31. The molecule has 1 amide bonds. The monoisotopic (exact) mass is 400 g/mol. The number of rotatable bonds is 5. The lowest BCUT2D eigenvalue weighted by Gasteiger charge is -2.17. The lowest BCUT2D eigenvalue weighted by molar-refractivity contribution is -0.111. The van der Waals surface area contributed by atoms with E-state index in [-0.39, 0.29) is 11.0 Å². The SMILES string of the molecule is COc1cc(C)c(CC2=NC(=S)N(c3ccc(Cl)cc3)C2=O)cc1C(C)C. The van der Waals surface area contributed by atoms with Gasteiger partial charge in [0.1, 0.15) is 11.5 Å². The molecule has 1 heterocycles. The van der Waals surface area contributed by atoms with Crippen molar-refractivity contribution in [3.05, 3.63) is 58.1 Å². The maximum Gasteiger partial charge on any atom is 0.279 e. The standard InChI is InChI=1S/C21H21ClN2O2S/c1-12(2)17-10-14(13(3)9-19(17)26-4)11-18-20(25)24(21(27)23-18)16-7-5-15(22)6-8-16/h5-10,12H,11H2,1-4H3. The van der Waals surface area contributed by atoms with Crippen molar-refractivity contribution >= 4 is 46.2 Å². The van der Waals surface area contributed by atoms with Gasteiger partial charge in [-0.05, 0) is 72.1 Å². The molecular formula is C21H21ClN2O2S. The lowest BCUT2D eigenvalue weighted by Crippen LogP contribution is -2.33. The van der Waals surface area contributed by atoms with E-state index in [1.165, 1.54) is 4.90 Å². The fourth-order valence-corrected chi connectivity index (χ4v) is 3.53. The number of aryl methyl sites for hydroxylation is 1. The number of methoxy groups -OCH3 is 1. The van der Waals surface area contributed by atoms with Gasteiger partial charge in [-0.3, -0.25) is 9.69 Å². The van der Waals surface area contributed by atoms with Crippen LogP contribution in [0.2, 0.25) is 5.02 Å². The van der Waals surface area contributed by atoms with Gasteiger partial charge in [-0.15, -0.1) is 0 Å². The smallest absolute Gasteiger partial charge is 0.279 e. The van der Waals surface area contributed by atoms with Crippen LogP contribution in [0.15, 0.2) is 41.4 Å². The molecule has 0 aromatic heterocycles. The van der Waals surface area contributed by atoms with Crippen molar-refractivity contribution in [2.45, 2.75) is 33.1 Å². The van der Waals surface area contributed by atoms with Crippen LogP contribution in [-0.2, 0) is 11.2 Å². The average Bonchev–Trinajstić information content (AvgIpc) is 2.90. The van der Waals surface area contributed by atoms with Gasteiger partial charge in [0.25, 0.3) is 5.91 Å². The minimum atomic E-state index is -0.191. The van der Waals surface area contributed by atoms with E-state index in [9.17, 15) is 4.79 Å². The van der Waals surface area contributed by atoms with Gasteiger partial charge in [0.2, 0.25) is 5.11 Å². The van der Waals surface area contributed by atoms with Gasteiger partial charge in [0.15, 0.2) is 0 Å². The van der Waals surface area contributed by atoms with Gasteiger partial charge >= 0.3 is 0 Å². The molecule has 0 bridgehead atoms. The molecule has 1 aliphatic heterocycles. The molecule has 4 nitrogen and oxygen atoms in total. The number of aliphatic imine (C=N–C) groups is 1. The van der Waals surface area contributed by atoms with E-state index in [0.29, 0.717) is 28.8 Å². The predicted molar refractivity (Wildman–Crippen MR) is 114 cm³/mol. The Morgan fingerprint density at radius 3 is 2.48 bits per heavy atom. The van der Waals surface area contributed by atoms with E-state index in [4.69, 9.17) is 28.6 Å². The maximum atomic E-state index is 12.9. The molecule has 0 atom stereocenters. The van der Waals surface area contributed by atoms with Gasteiger partial charge in [0, 0.05) is 11.4 Å². The molecule has 6 heteroatoms. The summed E-state index contributed by atoms with van der Waals surface area (Å²) in [5, 5.41) is 0.861. The molecule has 0 saturated carbocycles. The zero-order valence-electron chi connectivity index (χ0n) is 15.7. The van der Waals surface area contributed by atoms with Gasteiger partial charge in [-0.25, -0.2) is 4.99 Å². The molecule has 0 saturated heterocycles. The molecule has 140 valence electrons. The van der Waals surface area contributed by atoms with E-state index < -0.39 is 0 Å². The summed E-state index contributed by atoms with van der Waals surface area (Å²) in [6.45, 7) is 6.25. The Morgan fingerprint density at radius 2 is 1.89 bits per heavy atom. The first-order valence-electron chi connectivity index (χ1n) is 8.70. The number of ether oxygens (including phenoxy) is 1. The van der Waals surface area contributed by atoms with Crippen molar-refractivity contribution in [2.24, 2.45) is 4.99 Å². The fraction of sp³-hybridized carbons (Fsp3) is 0.286. The number of amides is 1. The zero-order valence-corrected chi connectivity index (χ0v) is 17.3. The first-order chi connectivity index (χ1) is 12.8. The van der Waals surface area contributed by atoms with Crippen molar-refractivity contribution in [3.8, 4) is 5.75 Å². The van der Waals surface area contributed by atoms with Crippen LogP contribution in [0, 0.1) is 6.92 Å². The topological polar surface area (TPSA) is 41.9 Å². The highest BCUT2D eigenvalue weighted by molar-refractivity contribution is 7.80. The number of carbonyl (C=O) groups excluding carboxylic acids is 1. The minimum Gasteiger partial charge on any atom is -0.496 e. The summed E-state index contributed by atoms with van der Waals surface area (Å²) in [6, 6.07) is 11.1. The van der Waals surface area contributed by atoms with Crippen LogP contribution in [0.5, 0.6) is 5.75 Å². The minimum absolute atomic E-state index is 0.191. The summed E-state index contributed by atoms with van der Waals surface area (Å²) in [5.41, 5.74) is 4.33. The third-order valence-electron chi connectivity index (χ3n) is 4.62. The third-order valence-corrected chi connectivity index (χ3v) is 5.15. The predicted octanol–water partition coefficient (Wildman–Crippen LogP) is 5.10. The first-order valence-corrected chi connectivity index (χ1v) is 9.49. The highest BCUT2D eigenvalue weighted by atomic mass is 35.5. The average molecular weight is 401 g/mol. The number of hydrogen-bond acceptors (Lipinski definition) is 3. The molecule has 0 aliphatic carbocycles. The second-order valence-corrected chi connectivity index (χ2v) is 7.61. The van der Waals surface area contributed by atoms with E-state index in [0.717, 1.165) is 22.4 Å². The number of hydrogen-bond donors (Lipinski definition) is 0. The van der Waals surface area contributed by atoms with Crippen LogP contribution < -0.4 is 9.64 Å². The van der Waals surface area contributed by atoms with Crippen LogP contribution in [0.25, 0.3) is 0 Å². The number of thiocarbonyl (C=S) groups is 1. The van der Waals surface area contributed by atoms with Gasteiger partial charge in [-0.2, -0.15) is 0 Å². The number of benzene rings is 2. The molecule has 0 fully saturated rings. The molecule has 0 radical (unpaired) electrons. The van der Waals surface area contributed by atoms with Crippen molar-refractivity contribution in [1.82, 2.24) is 0 Å². The van der Waals surface area contributed by atoms with E-state index >= 15 is 0 Å². The number of nitrogens with zero attached hydrogens (tertiary/aromatic N) is 2. The van der Waals surface area contributed by atoms with Gasteiger partial charge in [0.05, 0.1) is 12.8 Å². The third kappa shape index (κ3) is 3.89. The number of halogens is 1. The molecule has 0 unspecified atom stereocenters. The Labute approximate surface area is 169 Å². The van der Waals surface area contributed by atoms with Crippen LogP contribution in [-0.4, -0.2) is 23.8 Å². The van der Waals surface area contributed by atoms with Gasteiger partial charge < -0.3 is 4.74 Å². The molecule has 3 rings (SSSR count). The largest absolute Gasteiger partial charge is 0.496 e. The number of anilines is 1. The van der Waals surface area contributed by atoms with Crippen molar-refractivity contribution < 1.29 is 9.53 Å². The van der Waals surface area contributed by atoms with Crippen LogP contribution in [0.1, 0.15) is 36.5 Å². The van der Waals surface area contributed by atoms with Crippen molar-refractivity contribution in [3.63, 3.8) is 0 Å². The van der Waals surface area contributed by atoms with E-state index in [2.05, 4.69) is 24.9 Å². The molecule has 2 aromatic rings. The second-order valence-electron chi connectivity index (χ2n) is 6.81. The molecule has 27 heavy (non-hydrogen) atoms. The Kier molecular flexibility index (Phi) is 5.63. The first kappa shape index (κ1) is 19.5. The normalized spacial score (nSPS) is 14.1. The summed E-state index contributed by atoms with van der Waals surface area (Å²) in [4.78, 5) is 18.7. The fourth-order valence-electron chi connectivity index (χ4n) is 3.11. The van der Waals surface area contributed by atoms with E-state index in [1.54, 1.807) is 31.4 Å². The highest BCUT2D eigenvalue weighted by Gasteiger charge is 2.32. The summed E-state index contributed by atoms with van der Waals surface area (Å²) < 4.78 is 5.50. The molecule has 0 N–H and O–H groups in total. The summed E-state index contributed by atoms with van der Waals surface area (Å²) in [7, 11) is 1.67. The second kappa shape index (κ2) is 7.79. The maximum absolute atomic E-state index is 12.9. The quantitative estimate of drug-likeness (QED) is 0.656. The van der Waals surface area contributed by atoms with Crippen LogP contribution in [0.3, 0.4) is 0 Å². The lowest BCUT2D eigenvalue weighted by atomic mass is 9.94. The van der Waals surface area contributed by atoms with E-state index in [1.807, 2.05) is 13.0 Å². The molecule has 0 spiro atoms. The molecule has 2 aromatic carbocycles. The summed E-state index contributed by atoms with van der Waals surface area (Å²) in [6.07, 6.45) is 0.429. The Morgan fingerprint density at radius 1 is 1.22 bits per heavy atom.